The van der Waals surface area contributed by atoms with E-state index in [1.54, 1.807) is 12.1 Å². The average molecular weight is 283 g/mol. The van der Waals surface area contributed by atoms with E-state index in [4.69, 9.17) is 15.2 Å². The lowest BCUT2D eigenvalue weighted by molar-refractivity contribution is -0.0123. The third kappa shape index (κ3) is 5.99. The monoisotopic (exact) mass is 283 g/mol. The predicted molar refractivity (Wildman–Crippen MR) is 79.0 cm³/mol. The molecule has 0 aliphatic carbocycles. The fourth-order valence-corrected chi connectivity index (χ4v) is 1.89. The maximum Gasteiger partial charge on any atom is 0.123 e. The van der Waals surface area contributed by atoms with Gasteiger partial charge in [0.15, 0.2) is 0 Å². The van der Waals surface area contributed by atoms with Crippen LogP contribution in [0.5, 0.6) is 0 Å². The quantitative estimate of drug-likeness (QED) is 0.707. The summed E-state index contributed by atoms with van der Waals surface area (Å²) < 4.78 is 24.3. The Morgan fingerprint density at radius 3 is 2.35 bits per heavy atom. The number of nitrogens with two attached hydrogens (primary N) is 1. The third-order valence-electron chi connectivity index (χ3n) is 3.04. The van der Waals surface area contributed by atoms with Crippen LogP contribution >= 0.6 is 0 Å². The minimum absolute atomic E-state index is 0.106. The second-order valence-electron chi connectivity index (χ2n) is 5.38. The smallest absolute Gasteiger partial charge is 0.123 e. The summed E-state index contributed by atoms with van der Waals surface area (Å²) in [5, 5.41) is 0. The molecule has 0 bridgehead atoms. The van der Waals surface area contributed by atoms with Crippen LogP contribution in [0.3, 0.4) is 0 Å². The van der Waals surface area contributed by atoms with Crippen LogP contribution in [-0.4, -0.2) is 25.9 Å². The molecule has 3 nitrogen and oxygen atoms in total. The molecule has 0 aliphatic rings. The van der Waals surface area contributed by atoms with Crippen molar-refractivity contribution in [3.8, 4) is 0 Å². The van der Waals surface area contributed by atoms with E-state index in [2.05, 4.69) is 13.8 Å². The predicted octanol–water partition coefficient (Wildman–Crippen LogP) is 3.29. The molecule has 1 rings (SSSR count). The van der Waals surface area contributed by atoms with Gasteiger partial charge in [0, 0.05) is 12.6 Å². The van der Waals surface area contributed by atoms with Crippen molar-refractivity contribution in [1.82, 2.24) is 0 Å². The zero-order valence-corrected chi connectivity index (χ0v) is 12.6. The topological polar surface area (TPSA) is 44.5 Å². The van der Waals surface area contributed by atoms with Gasteiger partial charge < -0.3 is 15.2 Å². The normalized spacial score (nSPS) is 14.5. The Morgan fingerprint density at radius 2 is 1.80 bits per heavy atom. The molecule has 20 heavy (non-hydrogen) atoms. The molecule has 2 N–H and O–H groups in total. The van der Waals surface area contributed by atoms with E-state index >= 15 is 0 Å². The Labute approximate surface area is 121 Å². The van der Waals surface area contributed by atoms with E-state index in [-0.39, 0.29) is 18.0 Å². The van der Waals surface area contributed by atoms with E-state index in [1.807, 2.05) is 6.92 Å². The molecular formula is C16H26FNO2. The van der Waals surface area contributed by atoms with Gasteiger partial charge in [-0.15, -0.1) is 0 Å². The van der Waals surface area contributed by atoms with E-state index in [0.29, 0.717) is 19.1 Å². The summed E-state index contributed by atoms with van der Waals surface area (Å²) in [7, 11) is 0. The number of halogens is 1. The largest absolute Gasteiger partial charge is 0.379 e. The minimum atomic E-state index is -0.252. The van der Waals surface area contributed by atoms with Crippen LogP contribution in [-0.2, 0) is 9.47 Å². The molecule has 2 atom stereocenters. The zero-order chi connectivity index (χ0) is 15.0. The maximum atomic E-state index is 13.0. The molecule has 4 heteroatoms. The van der Waals surface area contributed by atoms with Crippen molar-refractivity contribution >= 4 is 0 Å². The molecular weight excluding hydrogens is 257 g/mol. The Kier molecular flexibility index (Phi) is 7.73. The summed E-state index contributed by atoms with van der Waals surface area (Å²) in [6.07, 6.45) is 0.581. The first kappa shape index (κ1) is 17.1. The van der Waals surface area contributed by atoms with Crippen molar-refractivity contribution in [2.24, 2.45) is 11.7 Å². The van der Waals surface area contributed by atoms with Crippen molar-refractivity contribution in [3.63, 3.8) is 0 Å². The summed E-state index contributed by atoms with van der Waals surface area (Å²) in [6, 6.07) is 6.22. The molecule has 0 radical (unpaired) electrons. The minimum Gasteiger partial charge on any atom is -0.379 e. The highest BCUT2D eigenvalue weighted by Gasteiger charge is 2.19. The molecule has 0 spiro atoms. The molecule has 0 saturated carbocycles. The molecule has 114 valence electrons. The number of hydrogen-bond donors (Lipinski definition) is 1. The van der Waals surface area contributed by atoms with Crippen LogP contribution in [0.25, 0.3) is 0 Å². The Hall–Kier alpha value is -0.970. The highest BCUT2D eigenvalue weighted by atomic mass is 19.1. The summed E-state index contributed by atoms with van der Waals surface area (Å²) in [5.74, 6) is 0.263. The lowest BCUT2D eigenvalue weighted by atomic mass is 10.0. The molecule has 1 aromatic carbocycles. The van der Waals surface area contributed by atoms with Crippen molar-refractivity contribution in [3.05, 3.63) is 35.6 Å². The average Bonchev–Trinajstić information content (AvgIpc) is 2.43. The van der Waals surface area contributed by atoms with Gasteiger partial charge in [-0.2, -0.15) is 0 Å². The fraction of sp³-hybridized carbons (Fsp3) is 0.625. The SMILES string of the molecule is CCC(N)C(OCCOCC(C)C)c1ccc(F)cc1. The van der Waals surface area contributed by atoms with E-state index in [0.717, 1.165) is 18.6 Å². The molecule has 0 aromatic heterocycles. The molecule has 0 fully saturated rings. The summed E-state index contributed by atoms with van der Waals surface area (Å²) in [4.78, 5) is 0. The van der Waals surface area contributed by atoms with Gasteiger partial charge in [0.05, 0.1) is 19.3 Å². The first-order valence-electron chi connectivity index (χ1n) is 7.25. The number of benzene rings is 1. The molecule has 0 aliphatic heterocycles. The van der Waals surface area contributed by atoms with Crippen LogP contribution in [0.15, 0.2) is 24.3 Å². The number of ether oxygens (including phenoxy) is 2. The van der Waals surface area contributed by atoms with Crippen molar-refractivity contribution < 1.29 is 13.9 Å². The van der Waals surface area contributed by atoms with E-state index < -0.39 is 0 Å². The van der Waals surface area contributed by atoms with Gasteiger partial charge in [0.2, 0.25) is 0 Å². The van der Waals surface area contributed by atoms with Gasteiger partial charge in [-0.25, -0.2) is 4.39 Å². The second-order valence-corrected chi connectivity index (χ2v) is 5.38. The van der Waals surface area contributed by atoms with Gasteiger partial charge in [-0.3, -0.25) is 0 Å². The second kappa shape index (κ2) is 9.06. The third-order valence-corrected chi connectivity index (χ3v) is 3.04. The zero-order valence-electron chi connectivity index (χ0n) is 12.6. The molecule has 1 aromatic rings. The molecule has 0 saturated heterocycles. The Morgan fingerprint density at radius 1 is 1.15 bits per heavy atom. The van der Waals surface area contributed by atoms with Crippen molar-refractivity contribution in [2.75, 3.05) is 19.8 Å². The fourth-order valence-electron chi connectivity index (χ4n) is 1.89. The summed E-state index contributed by atoms with van der Waals surface area (Å²) >= 11 is 0. The van der Waals surface area contributed by atoms with Crippen molar-refractivity contribution in [1.29, 1.82) is 0 Å². The van der Waals surface area contributed by atoms with E-state index in [1.165, 1.54) is 12.1 Å². The molecule has 0 amide bonds. The number of rotatable bonds is 9. The van der Waals surface area contributed by atoms with Crippen LogP contribution in [0.1, 0.15) is 38.9 Å². The lowest BCUT2D eigenvalue weighted by Gasteiger charge is -2.24. The first-order valence-corrected chi connectivity index (χ1v) is 7.25. The van der Waals surface area contributed by atoms with Crippen LogP contribution in [0.4, 0.5) is 4.39 Å². The van der Waals surface area contributed by atoms with E-state index in [9.17, 15) is 4.39 Å². The van der Waals surface area contributed by atoms with Gasteiger partial charge in [-0.05, 0) is 30.0 Å². The molecule has 2 unspecified atom stereocenters. The van der Waals surface area contributed by atoms with Crippen LogP contribution in [0.2, 0.25) is 0 Å². The number of hydrogen-bond acceptors (Lipinski definition) is 3. The van der Waals surface area contributed by atoms with Gasteiger partial charge in [0.1, 0.15) is 5.82 Å². The van der Waals surface area contributed by atoms with Gasteiger partial charge in [-0.1, -0.05) is 32.9 Å². The maximum absolute atomic E-state index is 13.0. The standard InChI is InChI=1S/C16H26FNO2/c1-4-15(18)16(13-5-7-14(17)8-6-13)20-10-9-19-11-12(2)3/h5-8,12,15-16H,4,9-11,18H2,1-3H3. The van der Waals surface area contributed by atoms with Crippen molar-refractivity contribution in [2.45, 2.75) is 39.3 Å². The highest BCUT2D eigenvalue weighted by Crippen LogP contribution is 2.22. The van der Waals surface area contributed by atoms with Crippen LogP contribution in [0, 0.1) is 11.7 Å². The van der Waals surface area contributed by atoms with Gasteiger partial charge in [0.25, 0.3) is 0 Å². The Bertz CT molecular complexity index is 367. The van der Waals surface area contributed by atoms with Crippen LogP contribution < -0.4 is 5.73 Å². The molecule has 0 heterocycles. The lowest BCUT2D eigenvalue weighted by Crippen LogP contribution is -2.30. The Balaban J connectivity index is 2.50. The summed E-state index contributed by atoms with van der Waals surface area (Å²) in [6.45, 7) is 7.99. The first-order chi connectivity index (χ1) is 9.54. The highest BCUT2D eigenvalue weighted by molar-refractivity contribution is 5.20. The summed E-state index contributed by atoms with van der Waals surface area (Å²) in [5.41, 5.74) is 7.00. The van der Waals surface area contributed by atoms with Gasteiger partial charge >= 0.3 is 0 Å².